The smallest absolute Gasteiger partial charge is 0.221 e. The second-order valence-corrected chi connectivity index (χ2v) is 7.03. The van der Waals surface area contributed by atoms with Crippen molar-refractivity contribution >= 4 is 17.6 Å². The van der Waals surface area contributed by atoms with Gasteiger partial charge in [0.05, 0.1) is 20.3 Å². The maximum absolute atomic E-state index is 11.2. The zero-order valence-corrected chi connectivity index (χ0v) is 19.0. The molecule has 0 fully saturated rings. The lowest BCUT2D eigenvalue weighted by Gasteiger charge is -2.13. The summed E-state index contributed by atoms with van der Waals surface area (Å²) >= 11 is 0. The fraction of sp³-hybridized carbons (Fsp3) is 0.417. The number of nitrogens with one attached hydrogen (secondary N) is 3. The third kappa shape index (κ3) is 8.58. The fourth-order valence-corrected chi connectivity index (χ4v) is 3.11. The number of hydrogen-bond acceptors (Lipinski definition) is 4. The molecule has 2 aromatic carbocycles. The number of benzene rings is 2. The Morgan fingerprint density at radius 3 is 2.58 bits per heavy atom. The molecule has 0 radical (unpaired) electrons. The minimum absolute atomic E-state index is 0.0825. The van der Waals surface area contributed by atoms with Gasteiger partial charge < -0.3 is 25.4 Å². The Labute approximate surface area is 185 Å². The standard InChI is InChI=1S/C24H34N4O3/c1-5-25-24(27-17-20-9-7-11-21(15-20)28-18(3)29)26-14-8-10-19-12-13-22(30-4)23(16-19)31-6-2/h7,9,11-13,15-16H,5-6,8,10,14,17H2,1-4H3,(H,28,29)(H2,25,26,27). The van der Waals surface area contributed by atoms with E-state index in [0.29, 0.717) is 13.2 Å². The summed E-state index contributed by atoms with van der Waals surface area (Å²) in [4.78, 5) is 15.9. The predicted molar refractivity (Wildman–Crippen MR) is 126 cm³/mol. The van der Waals surface area contributed by atoms with Crippen LogP contribution in [0.1, 0.15) is 38.3 Å². The first-order chi connectivity index (χ1) is 15.0. The van der Waals surface area contributed by atoms with E-state index in [0.717, 1.165) is 54.6 Å². The number of carbonyl (C=O) groups is 1. The number of aryl methyl sites for hydroxylation is 1. The monoisotopic (exact) mass is 426 g/mol. The number of hydrogen-bond donors (Lipinski definition) is 3. The van der Waals surface area contributed by atoms with Gasteiger partial charge in [-0.25, -0.2) is 4.99 Å². The average molecular weight is 427 g/mol. The molecule has 0 unspecified atom stereocenters. The summed E-state index contributed by atoms with van der Waals surface area (Å²) < 4.78 is 11.0. The molecule has 7 nitrogen and oxygen atoms in total. The van der Waals surface area contributed by atoms with E-state index in [1.807, 2.05) is 50.2 Å². The van der Waals surface area contributed by atoms with E-state index in [1.165, 1.54) is 12.5 Å². The van der Waals surface area contributed by atoms with Crippen LogP contribution in [0.15, 0.2) is 47.5 Å². The first kappa shape index (κ1) is 24.1. The van der Waals surface area contributed by atoms with Crippen LogP contribution in [0.2, 0.25) is 0 Å². The van der Waals surface area contributed by atoms with Gasteiger partial charge in [-0.15, -0.1) is 0 Å². The van der Waals surface area contributed by atoms with Crippen molar-refractivity contribution in [3.63, 3.8) is 0 Å². The molecule has 3 N–H and O–H groups in total. The van der Waals surface area contributed by atoms with Crippen LogP contribution < -0.4 is 25.4 Å². The van der Waals surface area contributed by atoms with E-state index >= 15 is 0 Å². The van der Waals surface area contributed by atoms with E-state index in [4.69, 9.17) is 9.47 Å². The molecule has 0 heterocycles. The molecular weight excluding hydrogens is 392 g/mol. The van der Waals surface area contributed by atoms with E-state index in [2.05, 4.69) is 27.0 Å². The number of anilines is 1. The minimum atomic E-state index is -0.0825. The number of nitrogens with zero attached hydrogens (tertiary/aromatic N) is 1. The van der Waals surface area contributed by atoms with Crippen molar-refractivity contribution in [1.29, 1.82) is 0 Å². The van der Waals surface area contributed by atoms with Gasteiger partial charge in [-0.05, 0) is 62.1 Å². The topological polar surface area (TPSA) is 84.0 Å². The van der Waals surface area contributed by atoms with Crippen LogP contribution in [0.5, 0.6) is 11.5 Å². The molecule has 0 aliphatic rings. The second-order valence-electron chi connectivity index (χ2n) is 7.03. The molecule has 31 heavy (non-hydrogen) atoms. The van der Waals surface area contributed by atoms with Gasteiger partial charge in [-0.2, -0.15) is 0 Å². The normalized spacial score (nSPS) is 11.0. The first-order valence-corrected chi connectivity index (χ1v) is 10.7. The first-order valence-electron chi connectivity index (χ1n) is 10.7. The summed E-state index contributed by atoms with van der Waals surface area (Å²) in [6, 6.07) is 13.8. The van der Waals surface area contributed by atoms with Crippen LogP contribution in [0, 0.1) is 0 Å². The SMILES string of the molecule is CCNC(=NCc1cccc(NC(C)=O)c1)NCCCc1ccc(OC)c(OCC)c1. The fourth-order valence-electron chi connectivity index (χ4n) is 3.11. The van der Waals surface area contributed by atoms with Crippen LogP contribution in [-0.2, 0) is 17.8 Å². The van der Waals surface area contributed by atoms with Crippen LogP contribution in [0.25, 0.3) is 0 Å². The summed E-state index contributed by atoms with van der Waals surface area (Å²) in [5.41, 5.74) is 3.02. The Morgan fingerprint density at radius 1 is 1.03 bits per heavy atom. The van der Waals surface area contributed by atoms with Crippen LogP contribution in [0.3, 0.4) is 0 Å². The molecule has 0 bridgehead atoms. The van der Waals surface area contributed by atoms with Gasteiger partial charge in [0.15, 0.2) is 17.5 Å². The molecule has 1 amide bonds. The highest BCUT2D eigenvalue weighted by molar-refractivity contribution is 5.88. The van der Waals surface area contributed by atoms with Crippen molar-refractivity contribution in [2.45, 2.75) is 40.2 Å². The molecule has 0 aliphatic heterocycles. The van der Waals surface area contributed by atoms with Gasteiger partial charge >= 0.3 is 0 Å². The van der Waals surface area contributed by atoms with E-state index in [9.17, 15) is 4.79 Å². The molecule has 2 rings (SSSR count). The summed E-state index contributed by atoms with van der Waals surface area (Å²) in [6.07, 6.45) is 1.88. The van der Waals surface area contributed by atoms with Gasteiger partial charge in [0.1, 0.15) is 0 Å². The quantitative estimate of drug-likeness (QED) is 0.290. The number of aliphatic imine (C=N–C) groups is 1. The summed E-state index contributed by atoms with van der Waals surface area (Å²) in [6.45, 7) is 8.23. The number of rotatable bonds is 11. The molecule has 0 aliphatic carbocycles. The van der Waals surface area contributed by atoms with Crippen LogP contribution >= 0.6 is 0 Å². The number of amides is 1. The molecule has 7 heteroatoms. The highest BCUT2D eigenvalue weighted by Gasteiger charge is 2.06. The minimum Gasteiger partial charge on any atom is -0.493 e. The molecule has 2 aromatic rings. The number of carbonyl (C=O) groups excluding carboxylic acids is 1. The van der Waals surface area contributed by atoms with Gasteiger partial charge in [0, 0.05) is 25.7 Å². The zero-order chi connectivity index (χ0) is 22.5. The molecule has 0 saturated carbocycles. The van der Waals surface area contributed by atoms with Crippen molar-refractivity contribution in [2.24, 2.45) is 4.99 Å². The van der Waals surface area contributed by atoms with Crippen molar-refractivity contribution in [2.75, 3.05) is 32.1 Å². The lowest BCUT2D eigenvalue weighted by Crippen LogP contribution is -2.37. The van der Waals surface area contributed by atoms with Crippen LogP contribution in [0.4, 0.5) is 5.69 Å². The molecule has 0 aromatic heterocycles. The Balaban J connectivity index is 1.88. The number of ether oxygens (including phenoxy) is 2. The zero-order valence-electron chi connectivity index (χ0n) is 19.0. The van der Waals surface area contributed by atoms with E-state index in [-0.39, 0.29) is 5.91 Å². The van der Waals surface area contributed by atoms with E-state index in [1.54, 1.807) is 7.11 Å². The number of guanidine groups is 1. The Kier molecular flexibility index (Phi) is 10.2. The molecular formula is C24H34N4O3. The third-order valence-corrected chi connectivity index (χ3v) is 4.47. The maximum atomic E-state index is 11.2. The van der Waals surface area contributed by atoms with Gasteiger partial charge in [-0.3, -0.25) is 4.79 Å². The molecule has 0 spiro atoms. The highest BCUT2D eigenvalue weighted by Crippen LogP contribution is 2.28. The van der Waals surface area contributed by atoms with Crippen molar-refractivity contribution in [1.82, 2.24) is 10.6 Å². The Bertz CT molecular complexity index is 868. The van der Waals surface area contributed by atoms with Crippen molar-refractivity contribution in [3.05, 3.63) is 53.6 Å². The summed E-state index contributed by atoms with van der Waals surface area (Å²) in [7, 11) is 1.65. The summed E-state index contributed by atoms with van der Waals surface area (Å²) in [5.74, 6) is 2.23. The molecule has 0 atom stereocenters. The molecule has 168 valence electrons. The van der Waals surface area contributed by atoms with Gasteiger partial charge in [0.2, 0.25) is 5.91 Å². The van der Waals surface area contributed by atoms with Crippen LogP contribution in [-0.4, -0.2) is 38.7 Å². The predicted octanol–water partition coefficient (Wildman–Crippen LogP) is 3.74. The molecule has 0 saturated heterocycles. The summed E-state index contributed by atoms with van der Waals surface area (Å²) in [5, 5.41) is 9.45. The lowest BCUT2D eigenvalue weighted by atomic mass is 10.1. The lowest BCUT2D eigenvalue weighted by molar-refractivity contribution is -0.114. The Morgan fingerprint density at radius 2 is 1.87 bits per heavy atom. The second kappa shape index (κ2) is 13.2. The van der Waals surface area contributed by atoms with Crippen molar-refractivity contribution < 1.29 is 14.3 Å². The Hall–Kier alpha value is -3.22. The third-order valence-electron chi connectivity index (χ3n) is 4.47. The maximum Gasteiger partial charge on any atom is 0.221 e. The van der Waals surface area contributed by atoms with Gasteiger partial charge in [0.25, 0.3) is 0 Å². The van der Waals surface area contributed by atoms with Gasteiger partial charge in [-0.1, -0.05) is 18.2 Å². The largest absolute Gasteiger partial charge is 0.493 e. The average Bonchev–Trinajstić information content (AvgIpc) is 2.75. The van der Waals surface area contributed by atoms with E-state index < -0.39 is 0 Å². The number of methoxy groups -OCH3 is 1. The highest BCUT2D eigenvalue weighted by atomic mass is 16.5. The van der Waals surface area contributed by atoms with Crippen molar-refractivity contribution in [3.8, 4) is 11.5 Å².